The van der Waals surface area contributed by atoms with Gasteiger partial charge in [0.2, 0.25) is 5.91 Å². The van der Waals surface area contributed by atoms with Crippen molar-refractivity contribution in [1.29, 1.82) is 0 Å². The standard InChI is InChI=1S/C10H9N3O2/c1-6-11-3-2-8(12-6)4-7-5-9(14)13-10(7)15/h2-4H,5H2,1H3,(H,13,14,15)/b7-4-. The Morgan fingerprint density at radius 1 is 1.47 bits per heavy atom. The number of aryl methyl sites for hydroxylation is 1. The molecule has 1 fully saturated rings. The number of imide groups is 1. The van der Waals surface area contributed by atoms with Gasteiger partial charge in [-0.25, -0.2) is 9.97 Å². The molecule has 2 rings (SSSR count). The molecule has 0 aromatic carbocycles. The van der Waals surface area contributed by atoms with Gasteiger partial charge < -0.3 is 0 Å². The van der Waals surface area contributed by atoms with Crippen molar-refractivity contribution in [2.75, 3.05) is 0 Å². The summed E-state index contributed by atoms with van der Waals surface area (Å²) < 4.78 is 0. The predicted molar refractivity (Wildman–Crippen MR) is 52.5 cm³/mol. The summed E-state index contributed by atoms with van der Waals surface area (Å²) in [6.45, 7) is 1.77. The third kappa shape index (κ3) is 2.07. The number of nitrogens with zero attached hydrogens (tertiary/aromatic N) is 2. The van der Waals surface area contributed by atoms with Gasteiger partial charge in [0.05, 0.1) is 12.1 Å². The Bertz CT molecular complexity index is 465. The SMILES string of the molecule is Cc1nccc(/C=C2/CC(=O)NC2=O)n1. The number of hydrogen-bond acceptors (Lipinski definition) is 4. The third-order valence-electron chi connectivity index (χ3n) is 2.02. The number of carbonyl (C=O) groups is 2. The highest BCUT2D eigenvalue weighted by molar-refractivity contribution is 6.15. The summed E-state index contributed by atoms with van der Waals surface area (Å²) in [4.78, 5) is 30.2. The Morgan fingerprint density at radius 3 is 2.87 bits per heavy atom. The molecule has 1 aliphatic rings. The molecule has 2 amide bonds. The second-order valence-corrected chi connectivity index (χ2v) is 3.25. The molecule has 1 aromatic rings. The van der Waals surface area contributed by atoms with E-state index in [1.807, 2.05) is 0 Å². The molecular formula is C10H9N3O2. The molecule has 1 saturated heterocycles. The van der Waals surface area contributed by atoms with E-state index in [-0.39, 0.29) is 18.2 Å². The molecule has 5 nitrogen and oxygen atoms in total. The fourth-order valence-corrected chi connectivity index (χ4v) is 1.35. The van der Waals surface area contributed by atoms with Crippen LogP contribution in [-0.4, -0.2) is 21.8 Å². The molecule has 1 aliphatic heterocycles. The van der Waals surface area contributed by atoms with Gasteiger partial charge in [-0.15, -0.1) is 0 Å². The zero-order valence-corrected chi connectivity index (χ0v) is 8.15. The second kappa shape index (κ2) is 3.61. The van der Waals surface area contributed by atoms with Crippen molar-refractivity contribution < 1.29 is 9.59 Å². The summed E-state index contributed by atoms with van der Waals surface area (Å²) in [5, 5.41) is 2.21. The number of nitrogens with one attached hydrogen (secondary N) is 1. The van der Waals surface area contributed by atoms with E-state index in [1.165, 1.54) is 0 Å². The molecule has 0 aliphatic carbocycles. The average molecular weight is 203 g/mol. The van der Waals surface area contributed by atoms with Crippen molar-refractivity contribution in [3.8, 4) is 0 Å². The zero-order valence-electron chi connectivity index (χ0n) is 8.15. The number of amides is 2. The lowest BCUT2D eigenvalue weighted by atomic mass is 10.2. The molecule has 0 atom stereocenters. The summed E-state index contributed by atoms with van der Waals surface area (Å²) in [5.74, 6) is 0.0300. The van der Waals surface area contributed by atoms with E-state index in [9.17, 15) is 9.59 Å². The Hall–Kier alpha value is -2.04. The van der Waals surface area contributed by atoms with Crippen LogP contribution in [0.2, 0.25) is 0 Å². The first kappa shape index (κ1) is 9.51. The van der Waals surface area contributed by atoms with Crippen molar-refractivity contribution in [2.24, 2.45) is 0 Å². The molecule has 1 aromatic heterocycles. The van der Waals surface area contributed by atoms with E-state index in [0.29, 0.717) is 17.1 Å². The zero-order chi connectivity index (χ0) is 10.8. The Balaban J connectivity index is 2.31. The maximum Gasteiger partial charge on any atom is 0.254 e. The largest absolute Gasteiger partial charge is 0.292 e. The van der Waals surface area contributed by atoms with Crippen LogP contribution >= 0.6 is 0 Å². The fourth-order valence-electron chi connectivity index (χ4n) is 1.35. The third-order valence-corrected chi connectivity index (χ3v) is 2.02. The molecular weight excluding hydrogens is 194 g/mol. The topological polar surface area (TPSA) is 72.0 Å². The maximum absolute atomic E-state index is 11.2. The van der Waals surface area contributed by atoms with Crippen molar-refractivity contribution in [2.45, 2.75) is 13.3 Å². The van der Waals surface area contributed by atoms with Crippen LogP contribution in [0.4, 0.5) is 0 Å². The van der Waals surface area contributed by atoms with Gasteiger partial charge in [-0.05, 0) is 19.1 Å². The molecule has 15 heavy (non-hydrogen) atoms. The molecule has 0 unspecified atom stereocenters. The van der Waals surface area contributed by atoms with Gasteiger partial charge in [-0.2, -0.15) is 0 Å². The van der Waals surface area contributed by atoms with Crippen LogP contribution in [0.25, 0.3) is 6.08 Å². The predicted octanol–water partition coefficient (Wildman–Crippen LogP) is 0.215. The van der Waals surface area contributed by atoms with Gasteiger partial charge in [0, 0.05) is 11.8 Å². The highest BCUT2D eigenvalue weighted by atomic mass is 16.2. The van der Waals surface area contributed by atoms with E-state index in [4.69, 9.17) is 0 Å². The van der Waals surface area contributed by atoms with Crippen LogP contribution < -0.4 is 5.32 Å². The van der Waals surface area contributed by atoms with E-state index in [2.05, 4.69) is 15.3 Å². The highest BCUT2D eigenvalue weighted by Crippen LogP contribution is 2.12. The van der Waals surface area contributed by atoms with E-state index in [1.54, 1.807) is 25.3 Å². The molecule has 0 spiro atoms. The number of carbonyl (C=O) groups excluding carboxylic acids is 2. The van der Waals surface area contributed by atoms with Crippen LogP contribution in [0.1, 0.15) is 17.9 Å². The Kier molecular flexibility index (Phi) is 2.29. The van der Waals surface area contributed by atoms with Crippen LogP contribution in [0.5, 0.6) is 0 Å². The summed E-state index contributed by atoms with van der Waals surface area (Å²) in [5.41, 5.74) is 1.08. The molecule has 5 heteroatoms. The molecule has 0 bridgehead atoms. The summed E-state index contributed by atoms with van der Waals surface area (Å²) in [7, 11) is 0. The fraction of sp³-hybridized carbons (Fsp3) is 0.200. The van der Waals surface area contributed by atoms with Crippen molar-refractivity contribution in [1.82, 2.24) is 15.3 Å². The lowest BCUT2D eigenvalue weighted by molar-refractivity contribution is -0.124. The maximum atomic E-state index is 11.2. The minimum Gasteiger partial charge on any atom is -0.292 e. The number of hydrogen-bond donors (Lipinski definition) is 1. The van der Waals surface area contributed by atoms with Gasteiger partial charge in [-0.1, -0.05) is 0 Å². The van der Waals surface area contributed by atoms with E-state index < -0.39 is 0 Å². The Labute approximate surface area is 86.2 Å². The highest BCUT2D eigenvalue weighted by Gasteiger charge is 2.23. The molecule has 0 radical (unpaired) electrons. The summed E-state index contributed by atoms with van der Waals surface area (Å²) in [6.07, 6.45) is 3.35. The summed E-state index contributed by atoms with van der Waals surface area (Å²) in [6, 6.07) is 1.69. The smallest absolute Gasteiger partial charge is 0.254 e. The van der Waals surface area contributed by atoms with Crippen molar-refractivity contribution >= 4 is 17.9 Å². The van der Waals surface area contributed by atoms with E-state index >= 15 is 0 Å². The first-order valence-corrected chi connectivity index (χ1v) is 4.49. The molecule has 1 N–H and O–H groups in total. The number of rotatable bonds is 1. The number of aromatic nitrogens is 2. The lowest BCUT2D eigenvalue weighted by Gasteiger charge is -1.95. The quantitative estimate of drug-likeness (QED) is 0.523. The first-order chi connectivity index (χ1) is 7.15. The van der Waals surface area contributed by atoms with E-state index in [0.717, 1.165) is 0 Å². The van der Waals surface area contributed by atoms with Gasteiger partial charge >= 0.3 is 0 Å². The van der Waals surface area contributed by atoms with Gasteiger partial charge in [0.15, 0.2) is 0 Å². The van der Waals surface area contributed by atoms with Crippen molar-refractivity contribution in [3.05, 3.63) is 29.4 Å². The first-order valence-electron chi connectivity index (χ1n) is 4.49. The normalized spacial score (nSPS) is 18.3. The van der Waals surface area contributed by atoms with Crippen LogP contribution in [0.3, 0.4) is 0 Å². The minimum absolute atomic E-state index is 0.127. The summed E-state index contributed by atoms with van der Waals surface area (Å²) >= 11 is 0. The molecule has 0 saturated carbocycles. The Morgan fingerprint density at radius 2 is 2.27 bits per heavy atom. The monoisotopic (exact) mass is 203 g/mol. The second-order valence-electron chi connectivity index (χ2n) is 3.25. The van der Waals surface area contributed by atoms with Gasteiger partial charge in [0.1, 0.15) is 5.82 Å². The van der Waals surface area contributed by atoms with Crippen LogP contribution in [-0.2, 0) is 9.59 Å². The van der Waals surface area contributed by atoms with Crippen LogP contribution in [0, 0.1) is 6.92 Å². The van der Waals surface area contributed by atoms with Gasteiger partial charge in [-0.3, -0.25) is 14.9 Å². The minimum atomic E-state index is -0.337. The van der Waals surface area contributed by atoms with Gasteiger partial charge in [0.25, 0.3) is 5.91 Å². The van der Waals surface area contributed by atoms with Crippen molar-refractivity contribution in [3.63, 3.8) is 0 Å². The lowest BCUT2D eigenvalue weighted by Crippen LogP contribution is -2.19. The molecule has 76 valence electrons. The average Bonchev–Trinajstić information content (AvgIpc) is 2.45. The van der Waals surface area contributed by atoms with Crippen LogP contribution in [0.15, 0.2) is 17.8 Å². The molecule has 2 heterocycles.